The van der Waals surface area contributed by atoms with E-state index >= 15 is 0 Å². The highest BCUT2D eigenvalue weighted by Crippen LogP contribution is 2.18. The third-order valence-corrected chi connectivity index (χ3v) is 3.37. The van der Waals surface area contributed by atoms with Crippen LogP contribution in [0.2, 0.25) is 0 Å². The number of nitrogens with zero attached hydrogens (tertiary/aromatic N) is 2. The van der Waals surface area contributed by atoms with E-state index in [-0.39, 0.29) is 19.6 Å². The summed E-state index contributed by atoms with van der Waals surface area (Å²) in [6, 6.07) is 8.98. The Bertz CT molecular complexity index is 527. The predicted octanol–water partition coefficient (Wildman–Crippen LogP) is 4.31. The van der Waals surface area contributed by atoms with E-state index < -0.39 is 24.4 Å². The summed E-state index contributed by atoms with van der Waals surface area (Å²) in [5.41, 5.74) is 0.160. The number of likely N-dealkylation sites (N-methyl/N-ethyl adjacent to an activating group) is 1. The van der Waals surface area contributed by atoms with Gasteiger partial charge in [-0.2, -0.15) is 13.2 Å². The number of hydrogen-bond donors (Lipinski definition) is 0. The minimum absolute atomic E-state index is 0.113. The summed E-state index contributed by atoms with van der Waals surface area (Å²) < 4.78 is 43.8. The molecule has 0 saturated heterocycles. The van der Waals surface area contributed by atoms with Crippen molar-refractivity contribution in [1.82, 2.24) is 9.80 Å². The van der Waals surface area contributed by atoms with Crippen LogP contribution in [0.15, 0.2) is 30.3 Å². The lowest BCUT2D eigenvalue weighted by atomic mass is 10.2. The molecule has 0 heterocycles. The SMILES string of the molecule is CCN(CCN(Cc1ccccc1)CC(F)(F)F)C(=O)OC(C)(C)C. The van der Waals surface area contributed by atoms with Gasteiger partial charge in [0.1, 0.15) is 5.60 Å². The molecule has 0 bridgehead atoms. The van der Waals surface area contributed by atoms with Crippen LogP contribution in [0.3, 0.4) is 0 Å². The summed E-state index contributed by atoms with van der Waals surface area (Å²) >= 11 is 0. The Labute approximate surface area is 147 Å². The van der Waals surface area contributed by atoms with Gasteiger partial charge in [0.2, 0.25) is 0 Å². The van der Waals surface area contributed by atoms with Gasteiger partial charge in [-0.25, -0.2) is 4.79 Å². The first-order valence-corrected chi connectivity index (χ1v) is 8.31. The van der Waals surface area contributed by atoms with Crippen molar-refractivity contribution < 1.29 is 22.7 Å². The Morgan fingerprint density at radius 3 is 2.16 bits per heavy atom. The number of hydrogen-bond acceptors (Lipinski definition) is 3. The summed E-state index contributed by atoms with van der Waals surface area (Å²) in [6.45, 7) is 6.85. The third-order valence-electron chi connectivity index (χ3n) is 3.37. The molecule has 0 N–H and O–H groups in total. The van der Waals surface area contributed by atoms with Crippen LogP contribution in [0.1, 0.15) is 33.3 Å². The highest BCUT2D eigenvalue weighted by molar-refractivity contribution is 5.68. The molecular weight excluding hydrogens is 333 g/mol. The van der Waals surface area contributed by atoms with Crippen LogP contribution in [0.25, 0.3) is 0 Å². The number of alkyl halides is 3. The van der Waals surface area contributed by atoms with E-state index in [2.05, 4.69) is 0 Å². The van der Waals surface area contributed by atoms with Gasteiger partial charge in [0.15, 0.2) is 0 Å². The molecule has 0 radical (unpaired) electrons. The van der Waals surface area contributed by atoms with Crippen molar-refractivity contribution in [2.24, 2.45) is 0 Å². The lowest BCUT2D eigenvalue weighted by Crippen LogP contribution is -2.43. The van der Waals surface area contributed by atoms with Gasteiger partial charge in [0.05, 0.1) is 6.54 Å². The van der Waals surface area contributed by atoms with E-state index in [0.29, 0.717) is 6.54 Å². The van der Waals surface area contributed by atoms with E-state index in [1.165, 1.54) is 9.80 Å². The fraction of sp³-hybridized carbons (Fsp3) is 0.611. The predicted molar refractivity (Wildman–Crippen MR) is 91.3 cm³/mol. The Balaban J connectivity index is 2.70. The lowest BCUT2D eigenvalue weighted by molar-refractivity contribution is -0.147. The van der Waals surface area contributed by atoms with Crippen LogP contribution in [0.5, 0.6) is 0 Å². The molecule has 0 spiro atoms. The number of carbonyl (C=O) groups excluding carboxylic acids is 1. The third kappa shape index (κ3) is 9.34. The number of benzene rings is 1. The molecule has 0 aliphatic carbocycles. The zero-order valence-electron chi connectivity index (χ0n) is 15.3. The smallest absolute Gasteiger partial charge is 0.410 e. The molecule has 25 heavy (non-hydrogen) atoms. The Morgan fingerprint density at radius 1 is 1.08 bits per heavy atom. The van der Waals surface area contributed by atoms with Gasteiger partial charge in [-0.3, -0.25) is 4.90 Å². The van der Waals surface area contributed by atoms with Gasteiger partial charge in [0.25, 0.3) is 0 Å². The fourth-order valence-electron chi connectivity index (χ4n) is 2.28. The van der Waals surface area contributed by atoms with E-state index in [1.807, 2.05) is 6.07 Å². The van der Waals surface area contributed by atoms with Gasteiger partial charge in [-0.15, -0.1) is 0 Å². The molecule has 0 atom stereocenters. The zero-order valence-corrected chi connectivity index (χ0v) is 15.3. The van der Waals surface area contributed by atoms with Crippen LogP contribution < -0.4 is 0 Å². The minimum atomic E-state index is -4.29. The molecule has 0 saturated carbocycles. The van der Waals surface area contributed by atoms with E-state index in [4.69, 9.17) is 4.74 Å². The van der Waals surface area contributed by atoms with Gasteiger partial charge in [-0.05, 0) is 33.3 Å². The average Bonchev–Trinajstić information content (AvgIpc) is 2.45. The molecule has 4 nitrogen and oxygen atoms in total. The number of carbonyl (C=O) groups is 1. The monoisotopic (exact) mass is 360 g/mol. The normalized spacial score (nSPS) is 12.3. The zero-order chi connectivity index (χ0) is 19.1. The van der Waals surface area contributed by atoms with Gasteiger partial charge < -0.3 is 9.64 Å². The number of amides is 1. The highest BCUT2D eigenvalue weighted by atomic mass is 19.4. The van der Waals surface area contributed by atoms with E-state index in [0.717, 1.165) is 5.56 Å². The molecular formula is C18H27F3N2O2. The number of ether oxygens (including phenoxy) is 1. The molecule has 0 aliphatic rings. The van der Waals surface area contributed by atoms with Crippen LogP contribution in [-0.4, -0.2) is 53.8 Å². The topological polar surface area (TPSA) is 32.8 Å². The van der Waals surface area contributed by atoms with Gasteiger partial charge in [0, 0.05) is 26.2 Å². The van der Waals surface area contributed by atoms with Crippen molar-refractivity contribution >= 4 is 6.09 Å². The number of rotatable bonds is 7. The van der Waals surface area contributed by atoms with Crippen molar-refractivity contribution in [1.29, 1.82) is 0 Å². The Hall–Kier alpha value is -1.76. The Morgan fingerprint density at radius 2 is 1.68 bits per heavy atom. The second kappa shape index (κ2) is 9.08. The summed E-state index contributed by atoms with van der Waals surface area (Å²) in [5.74, 6) is 0. The second-order valence-electron chi connectivity index (χ2n) is 6.87. The molecule has 0 aromatic heterocycles. The second-order valence-corrected chi connectivity index (χ2v) is 6.87. The fourth-order valence-corrected chi connectivity index (χ4v) is 2.28. The Kier molecular flexibility index (Phi) is 7.73. The van der Waals surface area contributed by atoms with Crippen LogP contribution in [-0.2, 0) is 11.3 Å². The number of halogens is 3. The van der Waals surface area contributed by atoms with Crippen LogP contribution >= 0.6 is 0 Å². The molecule has 142 valence electrons. The summed E-state index contributed by atoms with van der Waals surface area (Å²) in [7, 11) is 0. The van der Waals surface area contributed by atoms with Crippen molar-refractivity contribution in [3.8, 4) is 0 Å². The van der Waals surface area contributed by atoms with E-state index in [9.17, 15) is 18.0 Å². The average molecular weight is 360 g/mol. The van der Waals surface area contributed by atoms with Crippen molar-refractivity contribution in [3.05, 3.63) is 35.9 Å². The van der Waals surface area contributed by atoms with Crippen LogP contribution in [0.4, 0.5) is 18.0 Å². The molecule has 1 amide bonds. The molecule has 7 heteroatoms. The molecule has 1 aromatic carbocycles. The largest absolute Gasteiger partial charge is 0.444 e. The minimum Gasteiger partial charge on any atom is -0.444 e. The standard InChI is InChI=1S/C18H27F3N2O2/c1-5-23(16(24)25-17(2,3)4)12-11-22(14-18(19,20)21)13-15-9-7-6-8-10-15/h6-10H,5,11-14H2,1-4H3. The summed E-state index contributed by atoms with van der Waals surface area (Å²) in [4.78, 5) is 14.8. The van der Waals surface area contributed by atoms with Crippen molar-refractivity contribution in [2.75, 3.05) is 26.2 Å². The molecule has 0 aliphatic heterocycles. The molecule has 1 aromatic rings. The maximum absolute atomic E-state index is 12.8. The molecule has 0 unspecified atom stereocenters. The molecule has 0 fully saturated rings. The maximum Gasteiger partial charge on any atom is 0.410 e. The van der Waals surface area contributed by atoms with Crippen molar-refractivity contribution in [3.63, 3.8) is 0 Å². The van der Waals surface area contributed by atoms with Crippen LogP contribution in [0, 0.1) is 0 Å². The quantitative estimate of drug-likeness (QED) is 0.726. The van der Waals surface area contributed by atoms with Crippen molar-refractivity contribution in [2.45, 2.75) is 46.0 Å². The van der Waals surface area contributed by atoms with Gasteiger partial charge in [-0.1, -0.05) is 30.3 Å². The first kappa shape index (κ1) is 21.3. The highest BCUT2D eigenvalue weighted by Gasteiger charge is 2.31. The maximum atomic E-state index is 12.8. The van der Waals surface area contributed by atoms with E-state index in [1.54, 1.807) is 52.0 Å². The summed E-state index contributed by atoms with van der Waals surface area (Å²) in [6.07, 6.45) is -4.81. The lowest BCUT2D eigenvalue weighted by Gasteiger charge is -2.29. The first-order chi connectivity index (χ1) is 11.5. The first-order valence-electron chi connectivity index (χ1n) is 8.31. The van der Waals surface area contributed by atoms with Gasteiger partial charge >= 0.3 is 12.3 Å². The molecule has 1 rings (SSSR count). The summed E-state index contributed by atoms with van der Waals surface area (Å²) in [5, 5.41) is 0.